The van der Waals surface area contributed by atoms with Gasteiger partial charge >= 0.3 is 0 Å². The number of hydrogen-bond acceptors (Lipinski definition) is 4. The third-order valence-electron chi connectivity index (χ3n) is 5.36. The molecule has 1 unspecified atom stereocenters. The Morgan fingerprint density at radius 2 is 1.97 bits per heavy atom. The molecular formula is C22H28ClN3O3S. The number of para-hydroxylation sites is 1. The summed E-state index contributed by atoms with van der Waals surface area (Å²) < 4.78 is 27.7. The summed E-state index contributed by atoms with van der Waals surface area (Å²) in [4.78, 5) is 14.6. The summed E-state index contributed by atoms with van der Waals surface area (Å²) in [5.41, 5.74) is 1.34. The van der Waals surface area contributed by atoms with E-state index in [-0.39, 0.29) is 21.4 Å². The first-order valence-corrected chi connectivity index (χ1v) is 11.9. The van der Waals surface area contributed by atoms with E-state index in [9.17, 15) is 13.2 Å². The monoisotopic (exact) mass is 449 g/mol. The molecule has 1 fully saturated rings. The third-order valence-corrected chi connectivity index (χ3v) is 7.71. The van der Waals surface area contributed by atoms with Crippen LogP contribution < -0.4 is 10.2 Å². The first kappa shape index (κ1) is 22.6. The summed E-state index contributed by atoms with van der Waals surface area (Å²) in [5, 5.41) is 2.99. The molecule has 2 aromatic carbocycles. The molecule has 1 amide bonds. The predicted molar refractivity (Wildman–Crippen MR) is 121 cm³/mol. The van der Waals surface area contributed by atoms with Crippen LogP contribution in [-0.2, 0) is 10.0 Å². The number of sulfonamides is 1. The Bertz CT molecular complexity index is 982. The van der Waals surface area contributed by atoms with E-state index >= 15 is 0 Å². The fourth-order valence-electron chi connectivity index (χ4n) is 3.60. The van der Waals surface area contributed by atoms with Gasteiger partial charge in [0.1, 0.15) is 4.90 Å². The van der Waals surface area contributed by atoms with Crippen LogP contribution in [0.15, 0.2) is 53.4 Å². The lowest BCUT2D eigenvalue weighted by atomic mass is 10.0. The molecule has 0 radical (unpaired) electrons. The summed E-state index contributed by atoms with van der Waals surface area (Å²) in [5.74, 6) is -0.0167. The van der Waals surface area contributed by atoms with Crippen molar-refractivity contribution in [2.45, 2.75) is 24.7 Å². The van der Waals surface area contributed by atoms with Crippen LogP contribution in [0.2, 0.25) is 5.02 Å². The molecular weight excluding hydrogens is 422 g/mol. The van der Waals surface area contributed by atoms with E-state index < -0.39 is 10.0 Å². The van der Waals surface area contributed by atoms with E-state index in [0.717, 1.165) is 18.5 Å². The van der Waals surface area contributed by atoms with Crippen LogP contribution in [0.4, 0.5) is 5.69 Å². The van der Waals surface area contributed by atoms with E-state index in [4.69, 9.17) is 11.6 Å². The van der Waals surface area contributed by atoms with Crippen molar-refractivity contribution in [2.24, 2.45) is 5.92 Å². The molecule has 2 aromatic rings. The zero-order valence-corrected chi connectivity index (χ0v) is 18.9. The van der Waals surface area contributed by atoms with Gasteiger partial charge in [-0.1, -0.05) is 36.7 Å². The molecule has 1 heterocycles. The summed E-state index contributed by atoms with van der Waals surface area (Å²) in [7, 11) is -1.79. The Labute approximate surface area is 183 Å². The van der Waals surface area contributed by atoms with E-state index in [1.165, 1.54) is 16.4 Å². The average molecular weight is 450 g/mol. The molecule has 0 bridgehead atoms. The minimum Gasteiger partial charge on any atom is -0.373 e. The van der Waals surface area contributed by atoms with Crippen molar-refractivity contribution >= 4 is 33.2 Å². The number of hydrogen-bond donors (Lipinski definition) is 1. The number of benzene rings is 2. The number of anilines is 1. The van der Waals surface area contributed by atoms with E-state index in [0.29, 0.717) is 32.1 Å². The first-order valence-electron chi connectivity index (χ1n) is 10.1. The van der Waals surface area contributed by atoms with E-state index in [1.54, 1.807) is 6.07 Å². The van der Waals surface area contributed by atoms with Gasteiger partial charge < -0.3 is 10.2 Å². The van der Waals surface area contributed by atoms with Gasteiger partial charge in [-0.15, -0.1) is 0 Å². The Morgan fingerprint density at radius 3 is 2.67 bits per heavy atom. The molecule has 0 spiro atoms. The Kier molecular flexibility index (Phi) is 7.39. The largest absolute Gasteiger partial charge is 0.373 e. The van der Waals surface area contributed by atoms with Crippen LogP contribution in [0.5, 0.6) is 0 Å². The van der Waals surface area contributed by atoms with Crippen molar-refractivity contribution in [1.82, 2.24) is 9.62 Å². The summed E-state index contributed by atoms with van der Waals surface area (Å²) in [6.07, 6.45) is 1.84. The number of rotatable bonds is 7. The van der Waals surface area contributed by atoms with Crippen LogP contribution in [-0.4, -0.2) is 51.9 Å². The quantitative estimate of drug-likeness (QED) is 0.700. The minimum absolute atomic E-state index is 0.00711. The SMILES string of the molecule is CC1CCCN(S(=O)(=O)c2cc(C(=O)NCCN(C)c3ccccc3)ccc2Cl)C1. The number of nitrogens with one attached hydrogen (secondary N) is 1. The number of piperidine rings is 1. The van der Waals surface area contributed by atoms with Crippen molar-refractivity contribution in [3.8, 4) is 0 Å². The molecule has 3 rings (SSSR count). The molecule has 6 nitrogen and oxygen atoms in total. The lowest BCUT2D eigenvalue weighted by Gasteiger charge is -2.30. The van der Waals surface area contributed by atoms with Crippen molar-refractivity contribution in [3.05, 3.63) is 59.1 Å². The highest BCUT2D eigenvalue weighted by Gasteiger charge is 2.30. The maximum Gasteiger partial charge on any atom is 0.251 e. The zero-order chi connectivity index (χ0) is 21.7. The van der Waals surface area contributed by atoms with Gasteiger partial charge in [-0.3, -0.25) is 4.79 Å². The second kappa shape index (κ2) is 9.81. The Morgan fingerprint density at radius 1 is 1.23 bits per heavy atom. The van der Waals surface area contributed by atoms with Crippen LogP contribution in [0.1, 0.15) is 30.1 Å². The molecule has 30 heavy (non-hydrogen) atoms. The Hall–Kier alpha value is -2.09. The molecule has 0 aromatic heterocycles. The van der Waals surface area contributed by atoms with Gasteiger partial charge in [-0.05, 0) is 49.1 Å². The van der Waals surface area contributed by atoms with Gasteiger partial charge in [0.25, 0.3) is 5.91 Å². The van der Waals surface area contributed by atoms with E-state index in [2.05, 4.69) is 5.32 Å². The summed E-state index contributed by atoms with van der Waals surface area (Å²) in [6, 6.07) is 14.3. The topological polar surface area (TPSA) is 69.7 Å². The highest BCUT2D eigenvalue weighted by molar-refractivity contribution is 7.89. The fourth-order valence-corrected chi connectivity index (χ4v) is 5.70. The number of nitrogens with zero attached hydrogens (tertiary/aromatic N) is 2. The normalized spacial score (nSPS) is 17.5. The first-order chi connectivity index (χ1) is 14.3. The molecule has 1 saturated heterocycles. The van der Waals surface area contributed by atoms with Gasteiger partial charge in [0.2, 0.25) is 10.0 Å². The molecule has 1 aliphatic rings. The molecule has 162 valence electrons. The molecule has 8 heteroatoms. The molecule has 0 aliphatic carbocycles. The zero-order valence-electron chi connectivity index (χ0n) is 17.3. The lowest BCUT2D eigenvalue weighted by Crippen LogP contribution is -2.39. The highest BCUT2D eigenvalue weighted by Crippen LogP contribution is 2.29. The second-order valence-corrected chi connectivity index (χ2v) is 10.1. The van der Waals surface area contributed by atoms with Crippen LogP contribution >= 0.6 is 11.6 Å². The fraction of sp³-hybridized carbons (Fsp3) is 0.409. The van der Waals surface area contributed by atoms with Crippen molar-refractivity contribution < 1.29 is 13.2 Å². The number of carbonyl (C=O) groups is 1. The molecule has 1 aliphatic heterocycles. The van der Waals surface area contributed by atoms with Gasteiger partial charge in [0.05, 0.1) is 5.02 Å². The van der Waals surface area contributed by atoms with Crippen molar-refractivity contribution in [2.75, 3.05) is 38.1 Å². The standard InChI is InChI=1S/C22H28ClN3O3S/c1-17-7-6-13-26(16-17)30(28,29)21-15-18(10-11-20(21)23)22(27)24-12-14-25(2)19-8-4-3-5-9-19/h3-5,8-11,15,17H,6-7,12-14,16H2,1-2H3,(H,24,27). The van der Waals surface area contributed by atoms with E-state index in [1.807, 2.05) is 49.2 Å². The molecule has 1 atom stereocenters. The van der Waals surface area contributed by atoms with Gasteiger partial charge in [-0.25, -0.2) is 8.42 Å². The molecule has 0 saturated carbocycles. The van der Waals surface area contributed by atoms with Crippen LogP contribution in [0.25, 0.3) is 0 Å². The van der Waals surface area contributed by atoms with Crippen molar-refractivity contribution in [1.29, 1.82) is 0 Å². The number of amides is 1. The lowest BCUT2D eigenvalue weighted by molar-refractivity contribution is 0.0954. The second-order valence-electron chi connectivity index (χ2n) is 7.77. The smallest absolute Gasteiger partial charge is 0.251 e. The maximum absolute atomic E-state index is 13.1. The molecule has 1 N–H and O–H groups in total. The van der Waals surface area contributed by atoms with Crippen LogP contribution in [0, 0.1) is 5.92 Å². The summed E-state index contributed by atoms with van der Waals surface area (Å²) >= 11 is 6.21. The van der Waals surface area contributed by atoms with Gasteiger partial charge in [0, 0.05) is 44.5 Å². The number of carbonyl (C=O) groups excluding carboxylic acids is 1. The van der Waals surface area contributed by atoms with Gasteiger partial charge in [0.15, 0.2) is 0 Å². The maximum atomic E-state index is 13.1. The number of halogens is 1. The van der Waals surface area contributed by atoms with Gasteiger partial charge in [-0.2, -0.15) is 4.31 Å². The highest BCUT2D eigenvalue weighted by atomic mass is 35.5. The minimum atomic E-state index is -3.74. The Balaban J connectivity index is 1.67. The third kappa shape index (κ3) is 5.33. The van der Waals surface area contributed by atoms with Crippen molar-refractivity contribution in [3.63, 3.8) is 0 Å². The average Bonchev–Trinajstić information content (AvgIpc) is 2.74. The predicted octanol–water partition coefficient (Wildman–Crippen LogP) is 3.63. The van der Waals surface area contributed by atoms with Crippen LogP contribution in [0.3, 0.4) is 0 Å². The number of likely N-dealkylation sites (N-methyl/N-ethyl adjacent to an activating group) is 1. The summed E-state index contributed by atoms with van der Waals surface area (Å²) in [6.45, 7) is 4.05.